The first-order valence-electron chi connectivity index (χ1n) is 6.79. The Balaban J connectivity index is 1.89. The van der Waals surface area contributed by atoms with Crippen LogP contribution in [0.3, 0.4) is 0 Å². The molecular weight excluding hydrogens is 299 g/mol. The molecule has 0 heterocycles. The Morgan fingerprint density at radius 3 is 2.35 bits per heavy atom. The monoisotopic (exact) mass is 314 g/mol. The predicted molar refractivity (Wildman–Crippen MR) is 85.2 cm³/mol. The van der Waals surface area contributed by atoms with Gasteiger partial charge in [-0.15, -0.1) is 0 Å². The summed E-state index contributed by atoms with van der Waals surface area (Å²) in [5.74, 6) is -0.734. The lowest BCUT2D eigenvalue weighted by Crippen LogP contribution is -2.20. The number of primary amides is 1. The fourth-order valence-corrected chi connectivity index (χ4v) is 1.72. The highest BCUT2D eigenvalue weighted by molar-refractivity contribution is 6.01. The highest BCUT2D eigenvalue weighted by atomic mass is 19.1. The molecule has 3 N–H and O–H groups in total. The van der Waals surface area contributed by atoms with Crippen molar-refractivity contribution >= 4 is 23.6 Å². The third kappa shape index (κ3) is 5.62. The fourth-order valence-electron chi connectivity index (χ4n) is 1.72. The van der Waals surface area contributed by atoms with Gasteiger partial charge in [0.1, 0.15) is 11.6 Å². The maximum atomic E-state index is 12.8. The van der Waals surface area contributed by atoms with Crippen LogP contribution in [0.4, 0.5) is 10.1 Å². The summed E-state index contributed by atoms with van der Waals surface area (Å²) >= 11 is 0. The van der Waals surface area contributed by atoms with Crippen molar-refractivity contribution in [2.45, 2.75) is 0 Å². The first-order chi connectivity index (χ1) is 11.0. The van der Waals surface area contributed by atoms with E-state index in [1.165, 1.54) is 18.2 Å². The van der Waals surface area contributed by atoms with Gasteiger partial charge in [0.15, 0.2) is 6.61 Å². The van der Waals surface area contributed by atoms with Crippen LogP contribution in [0.5, 0.6) is 5.75 Å². The molecule has 5 nitrogen and oxygen atoms in total. The summed E-state index contributed by atoms with van der Waals surface area (Å²) in [5.41, 5.74) is 6.27. The van der Waals surface area contributed by atoms with E-state index in [1.807, 2.05) is 0 Å². The van der Waals surface area contributed by atoms with Crippen molar-refractivity contribution < 1.29 is 18.7 Å². The highest BCUT2D eigenvalue weighted by Gasteiger charge is 2.00. The SMILES string of the molecule is NC(=O)COc1ccc(NC(=O)/C=C/c2ccc(F)cc2)cc1. The van der Waals surface area contributed by atoms with Crippen molar-refractivity contribution in [3.05, 3.63) is 66.0 Å². The molecular formula is C17H15FN2O3. The first-order valence-corrected chi connectivity index (χ1v) is 6.79. The van der Waals surface area contributed by atoms with Crippen LogP contribution in [0.2, 0.25) is 0 Å². The van der Waals surface area contributed by atoms with Gasteiger partial charge < -0.3 is 15.8 Å². The van der Waals surface area contributed by atoms with Gasteiger partial charge in [0, 0.05) is 11.8 Å². The zero-order valence-corrected chi connectivity index (χ0v) is 12.2. The van der Waals surface area contributed by atoms with Gasteiger partial charge >= 0.3 is 0 Å². The summed E-state index contributed by atoms with van der Waals surface area (Å²) in [5, 5.41) is 2.67. The van der Waals surface area contributed by atoms with E-state index in [0.29, 0.717) is 11.4 Å². The minimum absolute atomic E-state index is 0.202. The van der Waals surface area contributed by atoms with E-state index in [9.17, 15) is 14.0 Å². The Bertz CT molecular complexity index is 710. The van der Waals surface area contributed by atoms with Gasteiger partial charge in [0.25, 0.3) is 5.91 Å². The lowest BCUT2D eigenvalue weighted by molar-refractivity contribution is -0.120. The second-order valence-electron chi connectivity index (χ2n) is 4.65. The number of amides is 2. The van der Waals surface area contributed by atoms with E-state index >= 15 is 0 Å². The third-order valence-corrected chi connectivity index (χ3v) is 2.80. The van der Waals surface area contributed by atoms with Crippen LogP contribution in [0.15, 0.2) is 54.6 Å². The van der Waals surface area contributed by atoms with Gasteiger partial charge in [-0.2, -0.15) is 0 Å². The minimum Gasteiger partial charge on any atom is -0.484 e. The largest absolute Gasteiger partial charge is 0.484 e. The molecule has 6 heteroatoms. The second kappa shape index (κ2) is 7.74. The molecule has 0 atom stereocenters. The van der Waals surface area contributed by atoms with E-state index < -0.39 is 5.91 Å². The van der Waals surface area contributed by atoms with E-state index in [0.717, 1.165) is 5.56 Å². The van der Waals surface area contributed by atoms with Gasteiger partial charge in [0.2, 0.25) is 5.91 Å². The molecule has 2 rings (SSSR count). The Labute approximate surface area is 132 Å². The van der Waals surface area contributed by atoms with E-state index in [2.05, 4.69) is 5.32 Å². The number of ether oxygens (including phenoxy) is 1. The molecule has 0 saturated heterocycles. The smallest absolute Gasteiger partial charge is 0.255 e. The van der Waals surface area contributed by atoms with Crippen LogP contribution in [-0.4, -0.2) is 18.4 Å². The molecule has 0 radical (unpaired) electrons. The van der Waals surface area contributed by atoms with Crippen molar-refractivity contribution in [2.24, 2.45) is 5.73 Å². The van der Waals surface area contributed by atoms with Crippen LogP contribution in [0, 0.1) is 5.82 Å². The van der Waals surface area contributed by atoms with Crippen molar-refractivity contribution in [1.82, 2.24) is 0 Å². The van der Waals surface area contributed by atoms with Crippen molar-refractivity contribution in [1.29, 1.82) is 0 Å². The lowest BCUT2D eigenvalue weighted by Gasteiger charge is -2.05. The van der Waals surface area contributed by atoms with Gasteiger partial charge in [-0.25, -0.2) is 4.39 Å². The molecule has 0 aliphatic heterocycles. The molecule has 0 spiro atoms. The molecule has 118 valence electrons. The van der Waals surface area contributed by atoms with Gasteiger partial charge in [-0.05, 0) is 48.0 Å². The molecule has 0 saturated carbocycles. The quantitative estimate of drug-likeness (QED) is 0.803. The standard InChI is InChI=1S/C17H15FN2O3/c18-13-4-1-12(2-5-13)3-10-17(22)20-14-6-8-15(9-7-14)23-11-16(19)21/h1-10H,11H2,(H2,19,21)(H,20,22)/b10-3+. The molecule has 0 aromatic heterocycles. The lowest BCUT2D eigenvalue weighted by atomic mass is 10.2. The number of anilines is 1. The van der Waals surface area contributed by atoms with Gasteiger partial charge in [-0.3, -0.25) is 9.59 Å². The number of halogens is 1. The topological polar surface area (TPSA) is 81.4 Å². The van der Waals surface area contributed by atoms with Crippen molar-refractivity contribution in [3.8, 4) is 5.75 Å². The summed E-state index contributed by atoms with van der Waals surface area (Å²) < 4.78 is 17.9. The number of hydrogen-bond acceptors (Lipinski definition) is 3. The molecule has 0 aliphatic carbocycles. The van der Waals surface area contributed by atoms with Crippen molar-refractivity contribution in [3.63, 3.8) is 0 Å². The number of nitrogens with two attached hydrogens (primary N) is 1. The predicted octanol–water partition coefficient (Wildman–Crippen LogP) is 2.34. The Hall–Kier alpha value is -3.15. The Morgan fingerprint density at radius 1 is 1.09 bits per heavy atom. The number of nitrogens with one attached hydrogen (secondary N) is 1. The first kappa shape index (κ1) is 16.2. The molecule has 2 aromatic carbocycles. The number of rotatable bonds is 6. The van der Waals surface area contributed by atoms with Crippen LogP contribution >= 0.6 is 0 Å². The normalized spacial score (nSPS) is 10.5. The number of carbonyl (C=O) groups excluding carboxylic acids is 2. The van der Waals surface area contributed by atoms with Crippen molar-refractivity contribution in [2.75, 3.05) is 11.9 Å². The average molecular weight is 314 g/mol. The zero-order valence-electron chi connectivity index (χ0n) is 12.2. The average Bonchev–Trinajstić information content (AvgIpc) is 2.53. The highest BCUT2D eigenvalue weighted by Crippen LogP contribution is 2.15. The summed E-state index contributed by atoms with van der Waals surface area (Å²) in [6.45, 7) is -0.202. The number of hydrogen-bond donors (Lipinski definition) is 2. The summed E-state index contributed by atoms with van der Waals surface area (Å²) in [6.07, 6.45) is 2.93. The summed E-state index contributed by atoms with van der Waals surface area (Å²) in [4.78, 5) is 22.4. The molecule has 0 bridgehead atoms. The molecule has 0 unspecified atom stereocenters. The van der Waals surface area contributed by atoms with Gasteiger partial charge in [-0.1, -0.05) is 12.1 Å². The van der Waals surface area contributed by atoms with E-state index in [1.54, 1.807) is 42.5 Å². The fraction of sp³-hybridized carbons (Fsp3) is 0.0588. The minimum atomic E-state index is -0.562. The summed E-state index contributed by atoms with van der Waals surface area (Å²) in [6, 6.07) is 12.3. The van der Waals surface area contributed by atoms with E-state index in [4.69, 9.17) is 10.5 Å². The maximum Gasteiger partial charge on any atom is 0.255 e. The number of carbonyl (C=O) groups is 2. The second-order valence-corrected chi connectivity index (χ2v) is 4.65. The molecule has 2 amide bonds. The molecule has 23 heavy (non-hydrogen) atoms. The third-order valence-electron chi connectivity index (χ3n) is 2.80. The van der Waals surface area contributed by atoms with Crippen LogP contribution < -0.4 is 15.8 Å². The van der Waals surface area contributed by atoms with E-state index in [-0.39, 0.29) is 18.3 Å². The van der Waals surface area contributed by atoms with Crippen LogP contribution in [-0.2, 0) is 9.59 Å². The summed E-state index contributed by atoms with van der Waals surface area (Å²) in [7, 11) is 0. The molecule has 0 aliphatic rings. The van der Waals surface area contributed by atoms with Crippen LogP contribution in [0.25, 0.3) is 6.08 Å². The Kier molecular flexibility index (Phi) is 5.46. The molecule has 0 fully saturated rings. The molecule has 2 aromatic rings. The maximum absolute atomic E-state index is 12.8. The zero-order chi connectivity index (χ0) is 16.7. The Morgan fingerprint density at radius 2 is 1.74 bits per heavy atom. The number of benzene rings is 2. The van der Waals surface area contributed by atoms with Gasteiger partial charge in [0.05, 0.1) is 0 Å². The van der Waals surface area contributed by atoms with Crippen LogP contribution in [0.1, 0.15) is 5.56 Å².